The van der Waals surface area contributed by atoms with Crippen molar-refractivity contribution in [1.29, 1.82) is 0 Å². The van der Waals surface area contributed by atoms with Crippen LogP contribution < -0.4 is 11.1 Å². The summed E-state index contributed by atoms with van der Waals surface area (Å²) in [5, 5.41) is 3.35. The normalized spacial score (nSPS) is 41.3. The number of hydrogen-bond acceptors (Lipinski definition) is 3. The van der Waals surface area contributed by atoms with Crippen molar-refractivity contribution in [2.75, 3.05) is 7.05 Å². The van der Waals surface area contributed by atoms with E-state index in [9.17, 15) is 4.79 Å². The fourth-order valence-corrected chi connectivity index (χ4v) is 4.70. The number of fused-ring (bicyclic) bond motifs is 2. The van der Waals surface area contributed by atoms with Crippen LogP contribution in [0.15, 0.2) is 0 Å². The molecule has 1 aliphatic carbocycles. The van der Waals surface area contributed by atoms with E-state index in [1.54, 1.807) is 0 Å². The first kappa shape index (κ1) is 15.3. The van der Waals surface area contributed by atoms with E-state index in [2.05, 4.69) is 17.3 Å². The van der Waals surface area contributed by atoms with E-state index in [-0.39, 0.29) is 17.9 Å². The van der Waals surface area contributed by atoms with Crippen LogP contribution in [-0.4, -0.2) is 42.0 Å². The van der Waals surface area contributed by atoms with Gasteiger partial charge in [0, 0.05) is 24.2 Å². The molecule has 2 bridgehead atoms. The van der Waals surface area contributed by atoms with E-state index in [1.165, 1.54) is 32.1 Å². The Hall–Kier alpha value is -0.610. The van der Waals surface area contributed by atoms with Crippen molar-refractivity contribution in [3.05, 3.63) is 0 Å². The van der Waals surface area contributed by atoms with Crippen molar-refractivity contribution in [1.82, 2.24) is 10.2 Å². The lowest BCUT2D eigenvalue weighted by Gasteiger charge is -2.47. The summed E-state index contributed by atoms with van der Waals surface area (Å²) >= 11 is 0. The van der Waals surface area contributed by atoms with Crippen LogP contribution in [0.5, 0.6) is 0 Å². The number of hydrogen-bond donors (Lipinski definition) is 2. The molecule has 0 radical (unpaired) electrons. The molecule has 0 aromatic carbocycles. The number of carbonyl (C=O) groups is 1. The molecule has 4 heteroatoms. The first-order chi connectivity index (χ1) is 10.1. The van der Waals surface area contributed by atoms with Gasteiger partial charge in [0.15, 0.2) is 0 Å². The van der Waals surface area contributed by atoms with Crippen LogP contribution in [0.1, 0.15) is 64.2 Å². The second-order valence-corrected chi connectivity index (χ2v) is 7.49. The van der Waals surface area contributed by atoms with Gasteiger partial charge in [-0.15, -0.1) is 0 Å². The maximum atomic E-state index is 12.6. The Morgan fingerprint density at radius 3 is 2.38 bits per heavy atom. The van der Waals surface area contributed by atoms with Crippen LogP contribution in [0.4, 0.5) is 0 Å². The van der Waals surface area contributed by atoms with Gasteiger partial charge in [0.2, 0.25) is 5.91 Å². The Labute approximate surface area is 128 Å². The average molecular weight is 293 g/mol. The quantitative estimate of drug-likeness (QED) is 0.766. The van der Waals surface area contributed by atoms with Crippen molar-refractivity contribution in [2.45, 2.75) is 88.4 Å². The summed E-state index contributed by atoms with van der Waals surface area (Å²) in [6, 6.07) is 1.79. The van der Waals surface area contributed by atoms with Crippen molar-refractivity contribution in [3.8, 4) is 0 Å². The van der Waals surface area contributed by atoms with Crippen LogP contribution in [0.2, 0.25) is 0 Å². The molecule has 4 unspecified atom stereocenters. The molecule has 2 saturated heterocycles. The highest BCUT2D eigenvalue weighted by Gasteiger charge is 2.37. The van der Waals surface area contributed by atoms with Crippen molar-refractivity contribution < 1.29 is 4.79 Å². The molecule has 1 saturated carbocycles. The highest BCUT2D eigenvalue weighted by Crippen LogP contribution is 2.33. The average Bonchev–Trinajstić information content (AvgIpc) is 2.64. The first-order valence-corrected chi connectivity index (χ1v) is 8.93. The molecule has 3 N–H and O–H groups in total. The third-order valence-electron chi connectivity index (χ3n) is 6.09. The van der Waals surface area contributed by atoms with Gasteiger partial charge in [-0.1, -0.05) is 25.7 Å². The second-order valence-electron chi connectivity index (χ2n) is 7.49. The predicted molar refractivity (Wildman–Crippen MR) is 84.9 cm³/mol. The second kappa shape index (κ2) is 6.66. The van der Waals surface area contributed by atoms with Gasteiger partial charge in [-0.25, -0.2) is 0 Å². The molecule has 21 heavy (non-hydrogen) atoms. The van der Waals surface area contributed by atoms with Crippen molar-refractivity contribution >= 4 is 5.91 Å². The first-order valence-electron chi connectivity index (χ1n) is 8.93. The predicted octanol–water partition coefficient (Wildman–Crippen LogP) is 2.03. The summed E-state index contributed by atoms with van der Waals surface area (Å²) < 4.78 is 0. The molecule has 0 aromatic heterocycles. The van der Waals surface area contributed by atoms with Crippen LogP contribution in [-0.2, 0) is 4.79 Å². The number of rotatable bonds is 2. The van der Waals surface area contributed by atoms with E-state index in [1.807, 2.05) is 0 Å². The zero-order valence-electron chi connectivity index (χ0n) is 13.4. The third kappa shape index (κ3) is 3.42. The maximum Gasteiger partial charge on any atom is 0.224 e. The fraction of sp³-hybridized carbons (Fsp3) is 0.941. The lowest BCUT2D eigenvalue weighted by atomic mass is 9.82. The van der Waals surface area contributed by atoms with E-state index in [4.69, 9.17) is 5.73 Å². The highest BCUT2D eigenvalue weighted by molar-refractivity contribution is 5.79. The van der Waals surface area contributed by atoms with E-state index < -0.39 is 0 Å². The molecular formula is C17H31N3O. The molecule has 3 fully saturated rings. The van der Waals surface area contributed by atoms with Gasteiger partial charge in [0.05, 0.1) is 5.92 Å². The largest absolute Gasteiger partial charge is 0.353 e. The number of nitrogens with one attached hydrogen (secondary N) is 1. The minimum absolute atomic E-state index is 0.0481. The van der Waals surface area contributed by atoms with Gasteiger partial charge in [-0.2, -0.15) is 0 Å². The SMILES string of the molecule is CN1C2CCCC1CC(NC(=O)C1CCCCCC1N)C2. The minimum Gasteiger partial charge on any atom is -0.353 e. The van der Waals surface area contributed by atoms with Crippen molar-refractivity contribution in [2.24, 2.45) is 11.7 Å². The van der Waals surface area contributed by atoms with Crippen molar-refractivity contribution in [3.63, 3.8) is 0 Å². The number of amides is 1. The molecule has 3 rings (SSSR count). The minimum atomic E-state index is 0.0481. The molecule has 2 heterocycles. The molecular weight excluding hydrogens is 262 g/mol. The van der Waals surface area contributed by atoms with Gasteiger partial charge < -0.3 is 16.0 Å². The Kier molecular flexibility index (Phi) is 4.85. The molecule has 4 atom stereocenters. The number of piperidine rings is 2. The van der Waals surface area contributed by atoms with Crippen LogP contribution in [0.3, 0.4) is 0 Å². The molecule has 2 aliphatic heterocycles. The summed E-state index contributed by atoms with van der Waals surface area (Å²) in [5.74, 6) is 0.282. The smallest absolute Gasteiger partial charge is 0.224 e. The summed E-state index contributed by atoms with van der Waals surface area (Å²) in [5.41, 5.74) is 6.23. The van der Waals surface area contributed by atoms with E-state index in [0.29, 0.717) is 18.1 Å². The Bertz CT molecular complexity index is 359. The summed E-state index contributed by atoms with van der Waals surface area (Å²) in [6.45, 7) is 0. The van der Waals surface area contributed by atoms with E-state index >= 15 is 0 Å². The third-order valence-corrected chi connectivity index (χ3v) is 6.09. The Morgan fingerprint density at radius 1 is 1.00 bits per heavy atom. The molecule has 120 valence electrons. The summed E-state index contributed by atoms with van der Waals surface area (Å²) in [7, 11) is 2.26. The van der Waals surface area contributed by atoms with Gasteiger partial charge >= 0.3 is 0 Å². The zero-order valence-corrected chi connectivity index (χ0v) is 13.4. The van der Waals surface area contributed by atoms with E-state index in [0.717, 1.165) is 32.1 Å². The Balaban J connectivity index is 1.57. The lowest BCUT2D eigenvalue weighted by Crippen LogP contribution is -2.56. The molecule has 3 aliphatic rings. The highest BCUT2D eigenvalue weighted by atomic mass is 16.2. The number of nitrogens with two attached hydrogens (primary N) is 1. The van der Waals surface area contributed by atoms with Gasteiger partial charge in [-0.05, 0) is 45.6 Å². The van der Waals surface area contributed by atoms with Crippen LogP contribution in [0, 0.1) is 5.92 Å². The molecule has 0 aromatic rings. The molecule has 1 amide bonds. The summed E-state index contributed by atoms with van der Waals surface area (Å²) in [6.07, 6.45) is 11.8. The maximum absolute atomic E-state index is 12.6. The zero-order chi connectivity index (χ0) is 14.8. The number of carbonyl (C=O) groups excluding carboxylic acids is 1. The number of nitrogens with zero attached hydrogens (tertiary/aromatic N) is 1. The van der Waals surface area contributed by atoms with Gasteiger partial charge in [-0.3, -0.25) is 4.79 Å². The lowest BCUT2D eigenvalue weighted by molar-refractivity contribution is -0.127. The summed E-state index contributed by atoms with van der Waals surface area (Å²) in [4.78, 5) is 15.2. The standard InChI is InChI=1S/C17H31N3O/c1-20-13-6-5-7-14(20)11-12(10-13)19-17(21)15-8-3-2-4-9-16(15)18/h12-16H,2-11,18H2,1H3,(H,19,21). The van der Waals surface area contributed by atoms with Crippen LogP contribution in [0.25, 0.3) is 0 Å². The molecule has 4 nitrogen and oxygen atoms in total. The fourth-order valence-electron chi connectivity index (χ4n) is 4.70. The monoisotopic (exact) mass is 293 g/mol. The topological polar surface area (TPSA) is 58.4 Å². The van der Waals surface area contributed by atoms with Gasteiger partial charge in [0.25, 0.3) is 0 Å². The molecule has 0 spiro atoms. The van der Waals surface area contributed by atoms with Gasteiger partial charge in [0.1, 0.15) is 0 Å². The Morgan fingerprint density at radius 2 is 1.67 bits per heavy atom. The van der Waals surface area contributed by atoms with Crippen LogP contribution >= 0.6 is 0 Å².